The molecule has 0 spiro atoms. The summed E-state index contributed by atoms with van der Waals surface area (Å²) in [6, 6.07) is 10.0. The minimum absolute atomic E-state index is 0.116. The van der Waals surface area contributed by atoms with Crippen LogP contribution >= 0.6 is 0 Å². The van der Waals surface area contributed by atoms with Crippen LogP contribution in [0.3, 0.4) is 0 Å². The average Bonchev–Trinajstić information content (AvgIpc) is 2.86. The lowest BCUT2D eigenvalue weighted by Gasteiger charge is -2.22. The van der Waals surface area contributed by atoms with E-state index in [0.29, 0.717) is 13.2 Å². The van der Waals surface area contributed by atoms with Gasteiger partial charge in [0.25, 0.3) is 0 Å². The van der Waals surface area contributed by atoms with Crippen molar-refractivity contribution in [1.82, 2.24) is 4.98 Å². The summed E-state index contributed by atoms with van der Waals surface area (Å²) in [6.45, 7) is 3.14. The number of aliphatic carboxylic acids is 1. The Kier molecular flexibility index (Phi) is 4.92. The number of carboxylic acids is 1. The zero-order chi connectivity index (χ0) is 17.0. The minimum atomic E-state index is -1.15. The van der Waals surface area contributed by atoms with Crippen LogP contribution in [0, 0.1) is 5.41 Å². The van der Waals surface area contributed by atoms with Gasteiger partial charge in [-0.2, -0.15) is 0 Å². The first-order valence-corrected chi connectivity index (χ1v) is 8.11. The first-order chi connectivity index (χ1) is 11.6. The maximum Gasteiger partial charge on any atom is 0.318 e. The number of hydrogen-bond acceptors (Lipinski definition) is 4. The highest BCUT2D eigenvalue weighted by Gasteiger charge is 2.38. The Labute approximate surface area is 140 Å². The molecule has 1 N–H and O–H groups in total. The van der Waals surface area contributed by atoms with Crippen LogP contribution in [-0.4, -0.2) is 42.5 Å². The molecular weight excluding hydrogens is 306 g/mol. The molecule has 1 aromatic carbocycles. The molecule has 0 aliphatic carbocycles. The Bertz CT molecular complexity index is 761. The quantitative estimate of drug-likeness (QED) is 0.935. The van der Waals surface area contributed by atoms with E-state index in [1.54, 1.807) is 6.08 Å². The van der Waals surface area contributed by atoms with Gasteiger partial charge in [0.15, 0.2) is 0 Å². The summed E-state index contributed by atoms with van der Waals surface area (Å²) in [7, 11) is 0. The topological polar surface area (TPSA) is 68.7 Å². The van der Waals surface area contributed by atoms with Gasteiger partial charge >= 0.3 is 5.97 Å². The van der Waals surface area contributed by atoms with E-state index in [2.05, 4.69) is 18.0 Å². The first-order valence-electron chi connectivity index (χ1n) is 8.11. The Morgan fingerprint density at radius 2 is 1.96 bits per heavy atom. The Balaban J connectivity index is 1.91. The lowest BCUT2D eigenvalue weighted by atomic mass is 9.89. The zero-order valence-corrected chi connectivity index (χ0v) is 13.7. The van der Waals surface area contributed by atoms with Gasteiger partial charge < -0.3 is 14.6 Å². The van der Waals surface area contributed by atoms with Crippen molar-refractivity contribution in [3.63, 3.8) is 0 Å². The van der Waals surface area contributed by atoms with Crippen LogP contribution in [-0.2, 0) is 20.7 Å². The molecule has 1 aliphatic rings. The standard InChI is InChI=1S/C19H21NO4/c1-2-16-6-5-15-4-3-14(11-17(15)20-16)7-8-19(18(21)22)12-23-9-10-24-13-19/h3-8,11H,2,9-10,12-13H2,1H3,(H,21,22)/b8-7+. The Morgan fingerprint density at radius 3 is 2.62 bits per heavy atom. The maximum absolute atomic E-state index is 11.7. The van der Waals surface area contributed by atoms with Crippen LogP contribution in [0.5, 0.6) is 0 Å². The number of ether oxygens (including phenoxy) is 2. The smallest absolute Gasteiger partial charge is 0.318 e. The largest absolute Gasteiger partial charge is 0.480 e. The lowest BCUT2D eigenvalue weighted by molar-refractivity contribution is -0.150. The number of rotatable bonds is 4. The fraction of sp³-hybridized carbons (Fsp3) is 0.368. The normalized spacial score (nSPS) is 17.9. The monoisotopic (exact) mass is 327 g/mol. The number of aromatic nitrogens is 1. The highest BCUT2D eigenvalue weighted by molar-refractivity contribution is 5.83. The number of aryl methyl sites for hydroxylation is 1. The SMILES string of the molecule is CCc1ccc2ccc(/C=C/C3(C(=O)O)COCCOC3)cc2n1. The van der Waals surface area contributed by atoms with Gasteiger partial charge in [0.1, 0.15) is 5.41 Å². The predicted molar refractivity (Wildman–Crippen MR) is 91.9 cm³/mol. The number of nitrogens with zero attached hydrogens (tertiary/aromatic N) is 1. The number of carbonyl (C=O) groups is 1. The van der Waals surface area contributed by atoms with Gasteiger partial charge in [-0.3, -0.25) is 9.78 Å². The molecule has 1 saturated heterocycles. The molecule has 0 bridgehead atoms. The van der Waals surface area contributed by atoms with Gasteiger partial charge in [-0.1, -0.05) is 37.3 Å². The molecule has 5 heteroatoms. The number of benzene rings is 1. The van der Waals surface area contributed by atoms with Crippen LogP contribution in [0.2, 0.25) is 0 Å². The zero-order valence-electron chi connectivity index (χ0n) is 13.7. The number of fused-ring (bicyclic) bond motifs is 1. The van der Waals surface area contributed by atoms with E-state index < -0.39 is 11.4 Å². The number of hydrogen-bond donors (Lipinski definition) is 1. The van der Waals surface area contributed by atoms with Gasteiger partial charge in [-0.25, -0.2) is 0 Å². The molecule has 0 amide bonds. The molecule has 5 nitrogen and oxygen atoms in total. The van der Waals surface area contributed by atoms with Crippen molar-refractivity contribution in [2.24, 2.45) is 5.41 Å². The van der Waals surface area contributed by atoms with Crippen molar-refractivity contribution >= 4 is 22.9 Å². The highest BCUT2D eigenvalue weighted by atomic mass is 16.5. The van der Waals surface area contributed by atoms with Crippen LogP contribution in [0.15, 0.2) is 36.4 Å². The van der Waals surface area contributed by atoms with E-state index in [-0.39, 0.29) is 13.2 Å². The van der Waals surface area contributed by atoms with E-state index >= 15 is 0 Å². The van der Waals surface area contributed by atoms with Gasteiger partial charge in [-0.05, 0) is 24.1 Å². The van der Waals surface area contributed by atoms with Crippen LogP contribution < -0.4 is 0 Å². The maximum atomic E-state index is 11.7. The Morgan fingerprint density at radius 1 is 1.25 bits per heavy atom. The van der Waals surface area contributed by atoms with Crippen molar-refractivity contribution in [2.75, 3.05) is 26.4 Å². The van der Waals surface area contributed by atoms with E-state index in [1.807, 2.05) is 30.3 Å². The molecule has 2 heterocycles. The fourth-order valence-electron chi connectivity index (χ4n) is 2.69. The number of pyridine rings is 1. The average molecular weight is 327 g/mol. The van der Waals surface area contributed by atoms with Crippen LogP contribution in [0.4, 0.5) is 0 Å². The molecule has 126 valence electrons. The second-order valence-electron chi connectivity index (χ2n) is 6.01. The molecule has 0 saturated carbocycles. The Hall–Kier alpha value is -2.24. The van der Waals surface area contributed by atoms with Gasteiger partial charge in [-0.15, -0.1) is 0 Å². The van der Waals surface area contributed by atoms with Crippen LogP contribution in [0.25, 0.3) is 17.0 Å². The summed E-state index contributed by atoms with van der Waals surface area (Å²) in [5.41, 5.74) is 1.71. The molecule has 3 rings (SSSR count). The second-order valence-corrected chi connectivity index (χ2v) is 6.01. The van der Waals surface area contributed by atoms with E-state index in [9.17, 15) is 9.90 Å². The van der Waals surface area contributed by atoms with Crippen molar-refractivity contribution in [3.8, 4) is 0 Å². The predicted octanol–water partition coefficient (Wildman–Crippen LogP) is 2.93. The first kappa shape index (κ1) is 16.6. The second kappa shape index (κ2) is 7.11. The van der Waals surface area contributed by atoms with Crippen LogP contribution in [0.1, 0.15) is 18.2 Å². The third-order valence-electron chi connectivity index (χ3n) is 4.25. The van der Waals surface area contributed by atoms with E-state index in [0.717, 1.165) is 28.6 Å². The van der Waals surface area contributed by atoms with Crippen molar-refractivity contribution in [2.45, 2.75) is 13.3 Å². The van der Waals surface area contributed by atoms with Crippen molar-refractivity contribution < 1.29 is 19.4 Å². The lowest BCUT2D eigenvalue weighted by Crippen LogP contribution is -2.37. The van der Waals surface area contributed by atoms with Crippen molar-refractivity contribution in [3.05, 3.63) is 47.7 Å². The van der Waals surface area contributed by atoms with Gasteiger partial charge in [0.05, 0.1) is 31.9 Å². The summed E-state index contributed by atoms with van der Waals surface area (Å²) in [5, 5.41) is 10.7. The van der Waals surface area contributed by atoms with Gasteiger partial charge in [0.2, 0.25) is 0 Å². The summed E-state index contributed by atoms with van der Waals surface area (Å²) < 4.78 is 10.8. The molecule has 0 radical (unpaired) electrons. The summed E-state index contributed by atoms with van der Waals surface area (Å²) in [4.78, 5) is 16.3. The van der Waals surface area contributed by atoms with Gasteiger partial charge in [0, 0.05) is 11.1 Å². The highest BCUT2D eigenvalue weighted by Crippen LogP contribution is 2.25. The summed E-state index contributed by atoms with van der Waals surface area (Å²) >= 11 is 0. The molecule has 0 atom stereocenters. The summed E-state index contributed by atoms with van der Waals surface area (Å²) in [6.07, 6.45) is 4.37. The molecule has 1 fully saturated rings. The molecule has 1 aromatic heterocycles. The minimum Gasteiger partial charge on any atom is -0.480 e. The molecule has 2 aromatic rings. The molecule has 1 aliphatic heterocycles. The summed E-state index contributed by atoms with van der Waals surface area (Å²) in [5.74, 6) is -0.937. The molecule has 24 heavy (non-hydrogen) atoms. The molecule has 0 unspecified atom stereocenters. The molecular formula is C19H21NO4. The third-order valence-corrected chi connectivity index (χ3v) is 4.25. The third kappa shape index (κ3) is 3.47. The van der Waals surface area contributed by atoms with Crippen molar-refractivity contribution in [1.29, 1.82) is 0 Å². The van der Waals surface area contributed by atoms with E-state index in [4.69, 9.17) is 9.47 Å². The number of carboxylic acid groups (broad SMARTS) is 1. The van der Waals surface area contributed by atoms with E-state index in [1.165, 1.54) is 0 Å². The fourth-order valence-corrected chi connectivity index (χ4v) is 2.69.